The van der Waals surface area contributed by atoms with Gasteiger partial charge in [0.1, 0.15) is 0 Å². The molecule has 1 aliphatic rings. The van der Waals surface area contributed by atoms with Crippen molar-refractivity contribution in [2.24, 2.45) is 0 Å². The molecule has 0 atom stereocenters. The lowest BCUT2D eigenvalue weighted by atomic mass is 10.1. The molecule has 2 aromatic carbocycles. The van der Waals surface area contributed by atoms with Crippen molar-refractivity contribution in [1.29, 1.82) is 0 Å². The van der Waals surface area contributed by atoms with Crippen LogP contribution < -0.4 is 4.74 Å². The van der Waals surface area contributed by atoms with Gasteiger partial charge in [-0.3, -0.25) is 9.59 Å². The molecule has 3 rings (SSSR count). The molecule has 24 heavy (non-hydrogen) atoms. The number of carbonyl (C=O) groups is 3. The molecule has 0 aromatic heterocycles. The van der Waals surface area contributed by atoms with Crippen molar-refractivity contribution in [3.8, 4) is 5.75 Å². The zero-order valence-corrected chi connectivity index (χ0v) is 12.6. The first kappa shape index (κ1) is 15.7. The van der Waals surface area contributed by atoms with E-state index in [0.717, 1.165) is 6.07 Å². The van der Waals surface area contributed by atoms with E-state index in [-0.39, 0.29) is 23.3 Å². The lowest BCUT2D eigenvalue weighted by Crippen LogP contribution is -2.33. The molecule has 0 saturated carbocycles. The highest BCUT2D eigenvalue weighted by atomic mass is 19.1. The number of rotatable bonds is 4. The van der Waals surface area contributed by atoms with E-state index in [9.17, 15) is 18.8 Å². The van der Waals surface area contributed by atoms with Crippen LogP contribution in [-0.4, -0.2) is 30.0 Å². The van der Waals surface area contributed by atoms with Crippen LogP contribution in [0.5, 0.6) is 5.75 Å². The first-order chi connectivity index (χ1) is 11.5. The topological polar surface area (TPSA) is 72.9 Å². The van der Waals surface area contributed by atoms with Crippen molar-refractivity contribution in [2.75, 3.05) is 7.11 Å². The number of hydrogen-bond donors (Lipinski definition) is 0. The van der Waals surface area contributed by atoms with Gasteiger partial charge in [-0.2, -0.15) is 0 Å². The molecule has 0 N–H and O–H groups in total. The molecule has 2 amide bonds. The summed E-state index contributed by atoms with van der Waals surface area (Å²) in [6, 6.07) is 10.2. The van der Waals surface area contributed by atoms with Crippen molar-refractivity contribution in [2.45, 2.75) is 6.42 Å². The second-order valence-electron chi connectivity index (χ2n) is 5.06. The van der Waals surface area contributed by atoms with Crippen LogP contribution in [-0.2, 0) is 16.1 Å². The van der Waals surface area contributed by atoms with E-state index in [1.54, 1.807) is 12.1 Å². The summed E-state index contributed by atoms with van der Waals surface area (Å²) in [6.07, 6.45) is -0.297. The molecule has 0 saturated heterocycles. The predicted molar refractivity (Wildman–Crippen MR) is 79.7 cm³/mol. The SMILES string of the molecule is COc1ccc(CC(=O)ON2C(=O)c3ccccc3C2=O)cc1F. The number of benzene rings is 2. The van der Waals surface area contributed by atoms with Gasteiger partial charge in [0.05, 0.1) is 24.7 Å². The zero-order valence-electron chi connectivity index (χ0n) is 12.6. The maximum Gasteiger partial charge on any atom is 0.337 e. The third-order valence-corrected chi connectivity index (χ3v) is 3.51. The van der Waals surface area contributed by atoms with E-state index < -0.39 is 23.6 Å². The van der Waals surface area contributed by atoms with Crippen LogP contribution in [0.25, 0.3) is 0 Å². The normalized spacial score (nSPS) is 13.0. The van der Waals surface area contributed by atoms with Crippen LogP contribution in [0.2, 0.25) is 0 Å². The Bertz CT molecular complexity index is 814. The quantitative estimate of drug-likeness (QED) is 0.804. The van der Waals surface area contributed by atoms with Crippen LogP contribution >= 0.6 is 0 Å². The smallest absolute Gasteiger partial charge is 0.337 e. The summed E-state index contributed by atoms with van der Waals surface area (Å²) in [4.78, 5) is 41.0. The van der Waals surface area contributed by atoms with E-state index in [0.29, 0.717) is 10.6 Å². The summed E-state index contributed by atoms with van der Waals surface area (Å²) < 4.78 is 18.4. The summed E-state index contributed by atoms with van der Waals surface area (Å²) in [7, 11) is 1.33. The van der Waals surface area contributed by atoms with Crippen molar-refractivity contribution < 1.29 is 28.3 Å². The van der Waals surface area contributed by atoms with Crippen molar-refractivity contribution in [1.82, 2.24) is 5.06 Å². The van der Waals surface area contributed by atoms with Crippen molar-refractivity contribution in [3.63, 3.8) is 0 Å². The minimum atomic E-state index is -0.853. The average Bonchev–Trinajstić information content (AvgIpc) is 2.80. The van der Waals surface area contributed by atoms with Crippen LogP contribution in [0.3, 0.4) is 0 Å². The van der Waals surface area contributed by atoms with Crippen LogP contribution in [0.1, 0.15) is 26.3 Å². The number of fused-ring (bicyclic) bond motifs is 1. The first-order valence-corrected chi connectivity index (χ1v) is 7.02. The van der Waals surface area contributed by atoms with Gasteiger partial charge in [0.15, 0.2) is 11.6 Å². The van der Waals surface area contributed by atoms with E-state index in [1.807, 2.05) is 0 Å². The third kappa shape index (κ3) is 2.71. The molecule has 122 valence electrons. The van der Waals surface area contributed by atoms with Gasteiger partial charge >= 0.3 is 5.97 Å². The predicted octanol–water partition coefficient (Wildman–Crippen LogP) is 2.13. The van der Waals surface area contributed by atoms with Gasteiger partial charge in [0.25, 0.3) is 11.8 Å². The minimum Gasteiger partial charge on any atom is -0.494 e. The second-order valence-corrected chi connectivity index (χ2v) is 5.06. The summed E-state index contributed by atoms with van der Waals surface area (Å²) in [5, 5.41) is 0.423. The van der Waals surface area contributed by atoms with Crippen molar-refractivity contribution in [3.05, 3.63) is 65.0 Å². The van der Waals surface area contributed by atoms with E-state index in [4.69, 9.17) is 9.57 Å². The fourth-order valence-electron chi connectivity index (χ4n) is 2.37. The highest BCUT2D eigenvalue weighted by molar-refractivity contribution is 6.20. The Balaban J connectivity index is 1.71. The summed E-state index contributed by atoms with van der Waals surface area (Å²) in [5.74, 6) is -2.83. The molecule has 0 aliphatic carbocycles. The highest BCUT2D eigenvalue weighted by Crippen LogP contribution is 2.23. The van der Waals surface area contributed by atoms with Crippen LogP contribution in [0, 0.1) is 5.82 Å². The van der Waals surface area contributed by atoms with Gasteiger partial charge in [-0.25, -0.2) is 9.18 Å². The van der Waals surface area contributed by atoms with Gasteiger partial charge in [0, 0.05) is 0 Å². The lowest BCUT2D eigenvalue weighted by Gasteiger charge is -2.12. The molecular weight excluding hydrogens is 317 g/mol. The average molecular weight is 329 g/mol. The number of nitrogens with zero attached hydrogens (tertiary/aromatic N) is 1. The first-order valence-electron chi connectivity index (χ1n) is 7.02. The monoisotopic (exact) mass is 329 g/mol. The minimum absolute atomic E-state index is 0.0486. The van der Waals surface area contributed by atoms with Gasteiger partial charge in [0.2, 0.25) is 0 Å². The molecule has 0 fully saturated rings. The number of imide groups is 1. The number of ether oxygens (including phenoxy) is 1. The molecular formula is C17H12FNO5. The molecule has 0 unspecified atom stereocenters. The molecule has 7 heteroatoms. The zero-order chi connectivity index (χ0) is 17.3. The summed E-state index contributed by atoms with van der Waals surface area (Å²) in [6.45, 7) is 0. The summed E-state index contributed by atoms with van der Waals surface area (Å²) >= 11 is 0. The number of carbonyl (C=O) groups excluding carboxylic acids is 3. The highest BCUT2D eigenvalue weighted by Gasteiger charge is 2.38. The molecule has 2 aromatic rings. The molecule has 1 heterocycles. The van der Waals surface area contributed by atoms with Gasteiger partial charge in [-0.1, -0.05) is 23.3 Å². The molecule has 6 nitrogen and oxygen atoms in total. The molecule has 0 bridgehead atoms. The van der Waals surface area contributed by atoms with Crippen LogP contribution in [0.4, 0.5) is 4.39 Å². The van der Waals surface area contributed by atoms with E-state index in [2.05, 4.69) is 0 Å². The fraction of sp³-hybridized carbons (Fsp3) is 0.118. The summed E-state index contributed by atoms with van der Waals surface area (Å²) in [5.41, 5.74) is 0.673. The Labute approximate surface area is 136 Å². The number of hydrogen-bond acceptors (Lipinski definition) is 5. The molecule has 1 aliphatic heterocycles. The number of hydroxylamine groups is 2. The largest absolute Gasteiger partial charge is 0.494 e. The maximum absolute atomic E-state index is 13.6. The standard InChI is InChI=1S/C17H12FNO5/c1-23-14-7-6-10(8-13(14)18)9-15(20)24-19-16(21)11-4-2-3-5-12(11)17(19)22/h2-8H,9H2,1H3. The van der Waals surface area contributed by atoms with Crippen molar-refractivity contribution >= 4 is 17.8 Å². The number of halogens is 1. The Hall–Kier alpha value is -3.22. The van der Waals surface area contributed by atoms with E-state index >= 15 is 0 Å². The fourth-order valence-corrected chi connectivity index (χ4v) is 2.37. The Kier molecular flexibility index (Phi) is 3.99. The number of amides is 2. The van der Waals surface area contributed by atoms with E-state index in [1.165, 1.54) is 31.4 Å². The Morgan fingerprint density at radius 1 is 1.08 bits per heavy atom. The van der Waals surface area contributed by atoms with Gasteiger partial charge in [-0.05, 0) is 29.8 Å². The van der Waals surface area contributed by atoms with Crippen LogP contribution in [0.15, 0.2) is 42.5 Å². The number of methoxy groups -OCH3 is 1. The lowest BCUT2D eigenvalue weighted by molar-refractivity contribution is -0.167. The second kappa shape index (κ2) is 6.11. The third-order valence-electron chi connectivity index (χ3n) is 3.51. The Morgan fingerprint density at radius 2 is 1.71 bits per heavy atom. The molecule has 0 radical (unpaired) electrons. The Morgan fingerprint density at radius 3 is 2.25 bits per heavy atom. The van der Waals surface area contributed by atoms with Gasteiger partial charge < -0.3 is 9.57 Å². The van der Waals surface area contributed by atoms with Gasteiger partial charge in [-0.15, -0.1) is 0 Å². The molecule has 0 spiro atoms. The maximum atomic E-state index is 13.6.